The topological polar surface area (TPSA) is 81.3 Å². The number of amides is 1. The fourth-order valence-corrected chi connectivity index (χ4v) is 3.17. The van der Waals surface area contributed by atoms with Crippen molar-refractivity contribution in [2.45, 2.75) is 38.6 Å². The standard InChI is InChI=1S/C19H27N5O.HI/c1-2-20-19(24-15-9-10-18(25)23-13-15)21-11-5-6-14-12-22-17-8-4-3-7-16(14)17;/h3-4,7-8,12,15,22H,2,5-6,9-11,13H2,1H3,(H,23,25)(H2,20,21,24);1H. The Hall–Kier alpha value is -1.77. The van der Waals surface area contributed by atoms with Crippen molar-refractivity contribution in [3.05, 3.63) is 36.0 Å². The van der Waals surface area contributed by atoms with Gasteiger partial charge in [0, 0.05) is 49.2 Å². The van der Waals surface area contributed by atoms with Gasteiger partial charge in [0.2, 0.25) is 5.91 Å². The van der Waals surface area contributed by atoms with Crippen LogP contribution in [0.5, 0.6) is 0 Å². The molecule has 1 amide bonds. The minimum Gasteiger partial charge on any atom is -0.361 e. The summed E-state index contributed by atoms with van der Waals surface area (Å²) in [6.07, 6.45) is 5.54. The fraction of sp³-hybridized carbons (Fsp3) is 0.474. The Morgan fingerprint density at radius 2 is 2.19 bits per heavy atom. The number of rotatable bonds is 6. The number of halogens is 1. The summed E-state index contributed by atoms with van der Waals surface area (Å²) in [7, 11) is 0. The van der Waals surface area contributed by atoms with E-state index in [4.69, 9.17) is 0 Å². The number of carbonyl (C=O) groups is 1. The fourth-order valence-electron chi connectivity index (χ4n) is 3.17. The molecule has 26 heavy (non-hydrogen) atoms. The second-order valence-corrected chi connectivity index (χ2v) is 6.41. The molecule has 1 fully saturated rings. The smallest absolute Gasteiger partial charge is 0.220 e. The highest BCUT2D eigenvalue weighted by atomic mass is 127. The molecule has 3 rings (SSSR count). The maximum Gasteiger partial charge on any atom is 0.220 e. The van der Waals surface area contributed by atoms with Gasteiger partial charge in [-0.3, -0.25) is 9.79 Å². The van der Waals surface area contributed by atoms with Crippen molar-refractivity contribution < 1.29 is 4.79 Å². The van der Waals surface area contributed by atoms with Gasteiger partial charge in [0.05, 0.1) is 0 Å². The van der Waals surface area contributed by atoms with Gasteiger partial charge in [-0.25, -0.2) is 0 Å². The number of aliphatic imine (C=N–C) groups is 1. The van der Waals surface area contributed by atoms with E-state index in [1.165, 1.54) is 16.5 Å². The first-order valence-corrected chi connectivity index (χ1v) is 9.13. The molecule has 0 aliphatic carbocycles. The third-order valence-electron chi connectivity index (χ3n) is 4.50. The Morgan fingerprint density at radius 3 is 2.96 bits per heavy atom. The number of nitrogens with one attached hydrogen (secondary N) is 4. The molecule has 1 aliphatic heterocycles. The molecular formula is C19H28IN5O. The molecule has 1 aromatic heterocycles. The number of hydrogen-bond acceptors (Lipinski definition) is 2. The predicted octanol–water partition coefficient (Wildman–Crippen LogP) is 2.55. The molecule has 0 spiro atoms. The van der Waals surface area contributed by atoms with Gasteiger partial charge >= 0.3 is 0 Å². The summed E-state index contributed by atoms with van der Waals surface area (Å²) in [6.45, 7) is 4.33. The summed E-state index contributed by atoms with van der Waals surface area (Å²) in [4.78, 5) is 19.2. The first-order valence-electron chi connectivity index (χ1n) is 9.13. The summed E-state index contributed by atoms with van der Waals surface area (Å²) in [6, 6.07) is 8.65. The van der Waals surface area contributed by atoms with E-state index < -0.39 is 0 Å². The lowest BCUT2D eigenvalue weighted by molar-refractivity contribution is -0.122. The molecule has 0 bridgehead atoms. The molecule has 1 aliphatic rings. The van der Waals surface area contributed by atoms with Crippen molar-refractivity contribution in [3.63, 3.8) is 0 Å². The van der Waals surface area contributed by atoms with Crippen LogP contribution in [0.1, 0.15) is 31.7 Å². The quantitative estimate of drug-likeness (QED) is 0.227. The van der Waals surface area contributed by atoms with Crippen LogP contribution >= 0.6 is 24.0 Å². The summed E-state index contributed by atoms with van der Waals surface area (Å²) in [5, 5.41) is 10.9. The Morgan fingerprint density at radius 1 is 1.35 bits per heavy atom. The highest BCUT2D eigenvalue weighted by molar-refractivity contribution is 14.0. The van der Waals surface area contributed by atoms with Crippen molar-refractivity contribution >= 4 is 46.7 Å². The third kappa shape index (κ3) is 5.62. The molecule has 0 saturated carbocycles. The Balaban J connectivity index is 0.00000243. The number of benzene rings is 1. The van der Waals surface area contributed by atoms with Crippen molar-refractivity contribution in [1.82, 2.24) is 20.9 Å². The van der Waals surface area contributed by atoms with Crippen molar-refractivity contribution in [1.29, 1.82) is 0 Å². The molecule has 2 aromatic rings. The number of aromatic amines is 1. The predicted molar refractivity (Wildman–Crippen MR) is 117 cm³/mol. The normalized spacial score (nSPS) is 17.5. The average molecular weight is 469 g/mol. The van der Waals surface area contributed by atoms with Crippen LogP contribution in [0.25, 0.3) is 10.9 Å². The van der Waals surface area contributed by atoms with Gasteiger partial charge in [0.25, 0.3) is 0 Å². The Labute approximate surface area is 171 Å². The summed E-state index contributed by atoms with van der Waals surface area (Å²) >= 11 is 0. The number of H-pyrrole nitrogens is 1. The second-order valence-electron chi connectivity index (χ2n) is 6.41. The highest BCUT2D eigenvalue weighted by Crippen LogP contribution is 2.18. The van der Waals surface area contributed by atoms with E-state index in [-0.39, 0.29) is 35.9 Å². The van der Waals surface area contributed by atoms with E-state index in [1.54, 1.807) is 0 Å². The monoisotopic (exact) mass is 469 g/mol. The van der Waals surface area contributed by atoms with Crippen LogP contribution in [0, 0.1) is 0 Å². The van der Waals surface area contributed by atoms with Crippen molar-refractivity contribution in [3.8, 4) is 0 Å². The zero-order valence-electron chi connectivity index (χ0n) is 15.2. The van der Waals surface area contributed by atoms with Crippen molar-refractivity contribution in [2.24, 2.45) is 4.99 Å². The highest BCUT2D eigenvalue weighted by Gasteiger charge is 2.18. The molecular weight excluding hydrogens is 441 g/mol. The lowest BCUT2D eigenvalue weighted by atomic mass is 10.1. The Kier molecular flexibility index (Phi) is 8.21. The number of hydrogen-bond donors (Lipinski definition) is 4. The lowest BCUT2D eigenvalue weighted by Gasteiger charge is -2.25. The van der Waals surface area contributed by atoms with Gasteiger partial charge in [-0.1, -0.05) is 18.2 Å². The molecule has 1 atom stereocenters. The SMILES string of the molecule is CCNC(=NCCCc1c[nH]c2ccccc12)NC1CCC(=O)NC1.I. The van der Waals surface area contributed by atoms with Crippen LogP contribution in [0.4, 0.5) is 0 Å². The largest absolute Gasteiger partial charge is 0.361 e. The van der Waals surface area contributed by atoms with Gasteiger partial charge in [-0.2, -0.15) is 0 Å². The summed E-state index contributed by atoms with van der Waals surface area (Å²) in [5.41, 5.74) is 2.54. The maximum absolute atomic E-state index is 11.2. The van der Waals surface area contributed by atoms with Gasteiger partial charge in [-0.15, -0.1) is 24.0 Å². The van der Waals surface area contributed by atoms with Crippen LogP contribution < -0.4 is 16.0 Å². The minimum atomic E-state index is 0. The first kappa shape index (κ1) is 20.5. The van der Waals surface area contributed by atoms with E-state index in [2.05, 4.69) is 63.3 Å². The molecule has 2 heterocycles. The number of nitrogens with zero attached hydrogens (tertiary/aromatic N) is 1. The number of carbonyl (C=O) groups excluding carboxylic acids is 1. The van der Waals surface area contributed by atoms with E-state index >= 15 is 0 Å². The molecule has 0 radical (unpaired) electrons. The lowest BCUT2D eigenvalue weighted by Crippen LogP contribution is -2.51. The molecule has 1 unspecified atom stereocenters. The number of aromatic nitrogens is 1. The molecule has 1 saturated heterocycles. The number of para-hydroxylation sites is 1. The van der Waals surface area contributed by atoms with Gasteiger partial charge in [0.15, 0.2) is 5.96 Å². The van der Waals surface area contributed by atoms with E-state index in [0.29, 0.717) is 13.0 Å². The third-order valence-corrected chi connectivity index (χ3v) is 4.50. The van der Waals surface area contributed by atoms with Gasteiger partial charge in [0.1, 0.15) is 0 Å². The minimum absolute atomic E-state index is 0. The number of guanidine groups is 1. The van der Waals surface area contributed by atoms with Crippen LogP contribution in [-0.2, 0) is 11.2 Å². The maximum atomic E-state index is 11.2. The van der Waals surface area contributed by atoms with E-state index in [0.717, 1.165) is 38.3 Å². The van der Waals surface area contributed by atoms with Gasteiger partial charge in [-0.05, 0) is 37.8 Å². The molecule has 142 valence electrons. The van der Waals surface area contributed by atoms with E-state index in [1.807, 2.05) is 0 Å². The molecule has 4 N–H and O–H groups in total. The van der Waals surface area contributed by atoms with Gasteiger partial charge < -0.3 is 20.9 Å². The number of piperidine rings is 1. The van der Waals surface area contributed by atoms with E-state index in [9.17, 15) is 4.79 Å². The molecule has 1 aromatic carbocycles. The number of aryl methyl sites for hydroxylation is 1. The van der Waals surface area contributed by atoms with Crippen LogP contribution in [0.2, 0.25) is 0 Å². The van der Waals surface area contributed by atoms with Crippen molar-refractivity contribution in [2.75, 3.05) is 19.6 Å². The van der Waals surface area contributed by atoms with Crippen LogP contribution in [0.3, 0.4) is 0 Å². The zero-order valence-corrected chi connectivity index (χ0v) is 17.5. The second kappa shape index (κ2) is 10.4. The summed E-state index contributed by atoms with van der Waals surface area (Å²) < 4.78 is 0. The average Bonchev–Trinajstić information content (AvgIpc) is 3.04. The zero-order chi connectivity index (χ0) is 17.5. The number of fused-ring (bicyclic) bond motifs is 1. The Bertz CT molecular complexity index is 732. The molecule has 7 heteroatoms. The first-order chi connectivity index (χ1) is 12.3. The van der Waals surface area contributed by atoms with Crippen LogP contribution in [-0.4, -0.2) is 42.5 Å². The molecule has 6 nitrogen and oxygen atoms in total. The summed E-state index contributed by atoms with van der Waals surface area (Å²) in [5.74, 6) is 0.973. The van der Waals surface area contributed by atoms with Crippen LogP contribution in [0.15, 0.2) is 35.5 Å².